The molecular weight excluding hydrogens is 283 g/mol. The van der Waals surface area contributed by atoms with Crippen molar-refractivity contribution in [3.05, 3.63) is 47.5 Å². The minimum Gasteiger partial charge on any atom is -0.397 e. The second kappa shape index (κ2) is 5.90. The van der Waals surface area contributed by atoms with Crippen LogP contribution in [0.5, 0.6) is 0 Å². The Hall–Kier alpha value is -2.44. The third-order valence-electron chi connectivity index (χ3n) is 2.87. The van der Waals surface area contributed by atoms with Crippen molar-refractivity contribution >= 4 is 17.3 Å². The maximum absolute atomic E-state index is 13.5. The molecule has 0 unspecified atom stereocenters. The Morgan fingerprint density at radius 3 is 2.52 bits per heavy atom. The lowest BCUT2D eigenvalue weighted by molar-refractivity contribution is 0.101. The van der Waals surface area contributed by atoms with Gasteiger partial charge in [-0.3, -0.25) is 4.79 Å². The second-order valence-corrected chi connectivity index (χ2v) is 4.55. The molecule has 0 atom stereocenters. The lowest BCUT2D eigenvalue weighted by atomic mass is 10.2. The standard InChI is InChI=1S/C14H14F3N3O/c1-2-3-20-7-8(18)4-13(20)14(21)19-12-6-10(16)9(15)5-11(12)17/h4-7H,2-3,18H2,1H3,(H,19,21). The zero-order chi connectivity index (χ0) is 15.6. The summed E-state index contributed by atoms with van der Waals surface area (Å²) in [6.07, 6.45) is 2.36. The summed E-state index contributed by atoms with van der Waals surface area (Å²) in [5.74, 6) is -4.26. The predicted molar refractivity (Wildman–Crippen MR) is 73.4 cm³/mol. The quantitative estimate of drug-likeness (QED) is 0.852. The minimum absolute atomic E-state index is 0.221. The Balaban J connectivity index is 2.28. The molecule has 21 heavy (non-hydrogen) atoms. The fourth-order valence-electron chi connectivity index (χ4n) is 1.95. The van der Waals surface area contributed by atoms with Crippen molar-refractivity contribution in [2.24, 2.45) is 0 Å². The van der Waals surface area contributed by atoms with Crippen molar-refractivity contribution in [3.63, 3.8) is 0 Å². The molecule has 4 nitrogen and oxygen atoms in total. The van der Waals surface area contributed by atoms with E-state index in [1.165, 1.54) is 6.07 Å². The van der Waals surface area contributed by atoms with Gasteiger partial charge in [-0.2, -0.15) is 0 Å². The molecule has 0 saturated carbocycles. The zero-order valence-corrected chi connectivity index (χ0v) is 11.3. The number of aromatic nitrogens is 1. The van der Waals surface area contributed by atoms with Gasteiger partial charge in [-0.25, -0.2) is 13.2 Å². The number of hydrogen-bond donors (Lipinski definition) is 2. The van der Waals surface area contributed by atoms with Crippen molar-refractivity contribution in [1.82, 2.24) is 4.57 Å². The first kappa shape index (κ1) is 15.0. The number of carbonyl (C=O) groups is 1. The fourth-order valence-corrected chi connectivity index (χ4v) is 1.95. The number of nitrogens with two attached hydrogens (primary N) is 1. The molecule has 0 spiro atoms. The van der Waals surface area contributed by atoms with Gasteiger partial charge in [-0.15, -0.1) is 0 Å². The van der Waals surface area contributed by atoms with Crippen LogP contribution < -0.4 is 11.1 Å². The summed E-state index contributed by atoms with van der Waals surface area (Å²) in [5, 5.41) is 2.21. The van der Waals surface area contributed by atoms with Gasteiger partial charge in [0.2, 0.25) is 0 Å². The van der Waals surface area contributed by atoms with Gasteiger partial charge in [0.25, 0.3) is 5.91 Å². The third kappa shape index (κ3) is 3.18. The van der Waals surface area contributed by atoms with Crippen molar-refractivity contribution in [2.45, 2.75) is 19.9 Å². The van der Waals surface area contributed by atoms with Crippen LogP contribution in [0.3, 0.4) is 0 Å². The molecule has 1 aromatic carbocycles. The lowest BCUT2D eigenvalue weighted by Gasteiger charge is -2.09. The number of anilines is 2. The topological polar surface area (TPSA) is 60.0 Å². The Morgan fingerprint density at radius 2 is 1.86 bits per heavy atom. The predicted octanol–water partition coefficient (Wildman–Crippen LogP) is 3.15. The minimum atomic E-state index is -1.32. The summed E-state index contributed by atoms with van der Waals surface area (Å²) in [6.45, 7) is 2.48. The molecule has 7 heteroatoms. The van der Waals surface area contributed by atoms with E-state index in [1.807, 2.05) is 6.92 Å². The van der Waals surface area contributed by atoms with Crippen LogP contribution in [0.2, 0.25) is 0 Å². The molecule has 1 amide bonds. The Labute approximate surface area is 119 Å². The molecule has 2 aromatic rings. The summed E-state index contributed by atoms with van der Waals surface area (Å²) < 4.78 is 41.1. The van der Waals surface area contributed by atoms with Crippen LogP contribution in [-0.4, -0.2) is 10.5 Å². The van der Waals surface area contributed by atoms with E-state index < -0.39 is 29.0 Å². The molecule has 0 radical (unpaired) electrons. The second-order valence-electron chi connectivity index (χ2n) is 4.55. The molecule has 1 heterocycles. The molecule has 0 aliphatic carbocycles. The number of carbonyl (C=O) groups excluding carboxylic acids is 1. The first-order valence-electron chi connectivity index (χ1n) is 6.34. The fraction of sp³-hybridized carbons (Fsp3) is 0.214. The molecular formula is C14H14F3N3O. The SMILES string of the molecule is CCCn1cc(N)cc1C(=O)Nc1cc(F)c(F)cc1F. The average Bonchev–Trinajstić information content (AvgIpc) is 2.77. The molecule has 0 saturated heterocycles. The van der Waals surface area contributed by atoms with Gasteiger partial charge in [-0.1, -0.05) is 6.92 Å². The van der Waals surface area contributed by atoms with E-state index in [1.54, 1.807) is 10.8 Å². The summed E-state index contributed by atoms with van der Waals surface area (Å²) in [5.41, 5.74) is 5.81. The van der Waals surface area contributed by atoms with Crippen LogP contribution in [0.15, 0.2) is 24.4 Å². The van der Waals surface area contributed by atoms with Crippen molar-refractivity contribution in [2.75, 3.05) is 11.1 Å². The van der Waals surface area contributed by atoms with E-state index in [0.717, 1.165) is 6.42 Å². The Kier molecular flexibility index (Phi) is 4.21. The van der Waals surface area contributed by atoms with Crippen LogP contribution in [0.1, 0.15) is 23.8 Å². The third-order valence-corrected chi connectivity index (χ3v) is 2.87. The van der Waals surface area contributed by atoms with Crippen molar-refractivity contribution in [1.29, 1.82) is 0 Å². The molecule has 1 aromatic heterocycles. The van der Waals surface area contributed by atoms with E-state index in [4.69, 9.17) is 5.73 Å². The summed E-state index contributed by atoms with van der Waals surface area (Å²) in [6, 6.07) is 2.41. The highest BCUT2D eigenvalue weighted by Gasteiger charge is 2.16. The number of aryl methyl sites for hydroxylation is 1. The Morgan fingerprint density at radius 1 is 1.19 bits per heavy atom. The maximum atomic E-state index is 13.5. The van der Waals surface area contributed by atoms with E-state index >= 15 is 0 Å². The zero-order valence-electron chi connectivity index (χ0n) is 11.3. The number of amides is 1. The average molecular weight is 297 g/mol. The molecule has 112 valence electrons. The molecule has 0 aliphatic heterocycles. The highest BCUT2D eigenvalue weighted by Crippen LogP contribution is 2.20. The van der Waals surface area contributed by atoms with Crippen LogP contribution >= 0.6 is 0 Å². The largest absolute Gasteiger partial charge is 0.397 e. The number of nitrogen functional groups attached to an aromatic ring is 1. The van der Waals surface area contributed by atoms with Gasteiger partial charge < -0.3 is 15.6 Å². The van der Waals surface area contributed by atoms with E-state index in [2.05, 4.69) is 5.32 Å². The van der Waals surface area contributed by atoms with Gasteiger partial charge in [0.1, 0.15) is 11.5 Å². The van der Waals surface area contributed by atoms with Crippen LogP contribution in [-0.2, 0) is 6.54 Å². The highest BCUT2D eigenvalue weighted by molar-refractivity contribution is 6.03. The number of nitrogens with one attached hydrogen (secondary N) is 1. The highest BCUT2D eigenvalue weighted by atomic mass is 19.2. The number of rotatable bonds is 4. The normalized spacial score (nSPS) is 10.7. The lowest BCUT2D eigenvalue weighted by Crippen LogP contribution is -2.17. The number of halogens is 3. The molecule has 3 N–H and O–H groups in total. The molecule has 0 bridgehead atoms. The smallest absolute Gasteiger partial charge is 0.272 e. The van der Waals surface area contributed by atoms with Gasteiger partial charge in [0.05, 0.1) is 11.4 Å². The van der Waals surface area contributed by atoms with Gasteiger partial charge in [-0.05, 0) is 12.5 Å². The van der Waals surface area contributed by atoms with Crippen LogP contribution in [0.4, 0.5) is 24.5 Å². The van der Waals surface area contributed by atoms with Crippen LogP contribution in [0.25, 0.3) is 0 Å². The van der Waals surface area contributed by atoms with Gasteiger partial charge >= 0.3 is 0 Å². The van der Waals surface area contributed by atoms with Gasteiger partial charge in [0.15, 0.2) is 11.6 Å². The number of benzene rings is 1. The number of nitrogens with zero attached hydrogens (tertiary/aromatic N) is 1. The molecule has 0 aliphatic rings. The Bertz CT molecular complexity index is 682. The monoisotopic (exact) mass is 297 g/mol. The van der Waals surface area contributed by atoms with Gasteiger partial charge in [0, 0.05) is 24.9 Å². The molecule has 0 fully saturated rings. The first-order valence-corrected chi connectivity index (χ1v) is 6.34. The van der Waals surface area contributed by atoms with Crippen molar-refractivity contribution < 1.29 is 18.0 Å². The van der Waals surface area contributed by atoms with E-state index in [9.17, 15) is 18.0 Å². The first-order chi connectivity index (χ1) is 9.92. The summed E-state index contributed by atoms with van der Waals surface area (Å²) in [7, 11) is 0. The molecule has 2 rings (SSSR count). The van der Waals surface area contributed by atoms with E-state index in [0.29, 0.717) is 24.4 Å². The summed E-state index contributed by atoms with van der Waals surface area (Å²) in [4.78, 5) is 12.1. The van der Waals surface area contributed by atoms with Crippen LogP contribution in [0, 0.1) is 17.5 Å². The van der Waals surface area contributed by atoms with E-state index in [-0.39, 0.29) is 5.69 Å². The maximum Gasteiger partial charge on any atom is 0.272 e. The summed E-state index contributed by atoms with van der Waals surface area (Å²) >= 11 is 0. The van der Waals surface area contributed by atoms with Crippen molar-refractivity contribution in [3.8, 4) is 0 Å². The number of hydrogen-bond acceptors (Lipinski definition) is 2.